The number of carbonyl (C=O) groups excluding carboxylic acids is 1. The van der Waals surface area contributed by atoms with E-state index in [4.69, 9.17) is 30.3 Å². The van der Waals surface area contributed by atoms with Crippen molar-refractivity contribution in [3.63, 3.8) is 0 Å². The van der Waals surface area contributed by atoms with Crippen molar-refractivity contribution in [3.8, 4) is 22.9 Å². The van der Waals surface area contributed by atoms with Gasteiger partial charge in [0.05, 0.1) is 12.7 Å². The maximum atomic E-state index is 12.3. The van der Waals surface area contributed by atoms with Gasteiger partial charge in [-0.2, -0.15) is 4.98 Å². The van der Waals surface area contributed by atoms with E-state index in [2.05, 4.69) is 10.1 Å². The first-order valence-electron chi connectivity index (χ1n) is 8.39. The molecule has 1 aromatic heterocycles. The van der Waals surface area contributed by atoms with Gasteiger partial charge in [-0.1, -0.05) is 28.9 Å². The Morgan fingerprint density at radius 1 is 1.25 bits per heavy atom. The minimum atomic E-state index is -0.522. The molecule has 0 unspecified atom stereocenters. The lowest BCUT2D eigenvalue weighted by Gasteiger charge is -2.17. The number of carbonyl (C=O) groups is 1. The molecule has 28 heavy (non-hydrogen) atoms. The molecule has 7 nitrogen and oxygen atoms in total. The molecule has 4 rings (SSSR count). The first kappa shape index (κ1) is 18.1. The second kappa shape index (κ2) is 7.74. The third-order valence-corrected chi connectivity index (χ3v) is 4.30. The molecule has 0 N–H and O–H groups in total. The summed E-state index contributed by atoms with van der Waals surface area (Å²) in [6.07, 6.45) is 1.70. The number of rotatable bonds is 5. The zero-order chi connectivity index (χ0) is 19.5. The highest BCUT2D eigenvalue weighted by molar-refractivity contribution is 6.30. The van der Waals surface area contributed by atoms with E-state index in [9.17, 15) is 4.79 Å². The average Bonchev–Trinajstić information content (AvgIpc) is 3.20. The fraction of sp³-hybridized carbons (Fsp3) is 0.150. The van der Waals surface area contributed by atoms with Gasteiger partial charge in [0, 0.05) is 16.1 Å². The molecule has 3 aromatic rings. The normalized spacial score (nSPS) is 12.6. The molecule has 2 heterocycles. The van der Waals surface area contributed by atoms with E-state index in [1.54, 1.807) is 37.5 Å². The van der Waals surface area contributed by atoms with Crippen molar-refractivity contribution in [3.05, 3.63) is 64.5 Å². The number of methoxy groups -OCH3 is 1. The van der Waals surface area contributed by atoms with Gasteiger partial charge in [0.15, 0.2) is 6.61 Å². The predicted octanol–water partition coefficient (Wildman–Crippen LogP) is 3.92. The predicted molar refractivity (Wildman–Crippen MR) is 101 cm³/mol. The Kier molecular flexibility index (Phi) is 4.99. The van der Waals surface area contributed by atoms with Crippen molar-refractivity contribution < 1.29 is 23.5 Å². The Labute approximate surface area is 165 Å². The van der Waals surface area contributed by atoms with Crippen LogP contribution in [-0.2, 0) is 16.1 Å². The summed E-state index contributed by atoms with van der Waals surface area (Å²) in [5, 5.41) is 4.46. The van der Waals surface area contributed by atoms with Gasteiger partial charge in [-0.05, 0) is 36.4 Å². The lowest BCUT2D eigenvalue weighted by molar-refractivity contribution is -0.141. The fourth-order valence-corrected chi connectivity index (χ4v) is 2.86. The molecule has 0 saturated carbocycles. The zero-order valence-electron chi connectivity index (χ0n) is 14.8. The van der Waals surface area contributed by atoms with Gasteiger partial charge in [0.25, 0.3) is 5.89 Å². The summed E-state index contributed by atoms with van der Waals surface area (Å²) in [4.78, 5) is 16.6. The highest BCUT2D eigenvalue weighted by Gasteiger charge is 2.20. The Hall–Kier alpha value is -3.32. The molecule has 1 aliphatic heterocycles. The monoisotopic (exact) mass is 398 g/mol. The number of nitrogens with zero attached hydrogens (tertiary/aromatic N) is 2. The third kappa shape index (κ3) is 3.84. The van der Waals surface area contributed by atoms with E-state index in [1.165, 1.54) is 0 Å². The molecule has 0 spiro atoms. The number of fused-ring (bicyclic) bond motifs is 1. The Balaban J connectivity index is 1.42. The number of hydrogen-bond donors (Lipinski definition) is 0. The van der Waals surface area contributed by atoms with Crippen LogP contribution in [0.1, 0.15) is 11.5 Å². The minimum absolute atomic E-state index is 0.117. The molecule has 1 aliphatic rings. The van der Waals surface area contributed by atoms with E-state index >= 15 is 0 Å². The largest absolute Gasteiger partial charge is 0.497 e. The molecule has 0 saturated heterocycles. The van der Waals surface area contributed by atoms with Crippen molar-refractivity contribution in [2.75, 3.05) is 13.7 Å². The van der Waals surface area contributed by atoms with Crippen LogP contribution in [0.2, 0.25) is 5.02 Å². The van der Waals surface area contributed by atoms with Gasteiger partial charge in [-0.25, -0.2) is 4.79 Å². The fourth-order valence-electron chi connectivity index (χ4n) is 2.68. The Morgan fingerprint density at radius 2 is 2.14 bits per heavy atom. The molecule has 0 bridgehead atoms. The molecule has 8 heteroatoms. The highest BCUT2D eigenvalue weighted by Crippen LogP contribution is 2.29. The van der Waals surface area contributed by atoms with Gasteiger partial charge in [0.2, 0.25) is 5.82 Å². The molecule has 0 atom stereocenters. The van der Waals surface area contributed by atoms with Crippen LogP contribution in [-0.4, -0.2) is 29.8 Å². The molecular weight excluding hydrogens is 384 g/mol. The second-order valence-corrected chi connectivity index (χ2v) is 6.40. The summed E-state index contributed by atoms with van der Waals surface area (Å²) < 4.78 is 21.2. The SMILES string of the molecule is COc1cccc(-c2noc(COC(=O)C3=Cc4cc(Cl)ccc4OC3)n2)c1. The minimum Gasteiger partial charge on any atom is -0.497 e. The highest BCUT2D eigenvalue weighted by atomic mass is 35.5. The quantitative estimate of drug-likeness (QED) is 0.602. The van der Waals surface area contributed by atoms with Crippen LogP contribution in [0.15, 0.2) is 52.6 Å². The van der Waals surface area contributed by atoms with E-state index in [0.29, 0.717) is 27.9 Å². The summed E-state index contributed by atoms with van der Waals surface area (Å²) in [7, 11) is 1.58. The molecular formula is C20H15ClN2O5. The lowest BCUT2D eigenvalue weighted by atomic mass is 10.1. The lowest BCUT2D eigenvalue weighted by Crippen LogP contribution is -2.17. The smallest absolute Gasteiger partial charge is 0.338 e. The standard InChI is InChI=1S/C20H15ClN2O5/c1-25-16-4-2-3-12(9-16)19-22-18(28-23-19)11-27-20(24)14-7-13-8-15(21)5-6-17(13)26-10-14/h2-9H,10-11H2,1H3. The van der Waals surface area contributed by atoms with Crippen LogP contribution in [0.4, 0.5) is 0 Å². The summed E-state index contributed by atoms with van der Waals surface area (Å²) in [5.74, 6) is 1.40. The third-order valence-electron chi connectivity index (χ3n) is 4.07. The van der Waals surface area contributed by atoms with Crippen molar-refractivity contribution in [2.45, 2.75) is 6.61 Å². The Bertz CT molecular complexity index is 1060. The Morgan fingerprint density at radius 3 is 3.00 bits per heavy atom. The average molecular weight is 399 g/mol. The van der Waals surface area contributed by atoms with Gasteiger partial charge >= 0.3 is 5.97 Å². The van der Waals surface area contributed by atoms with Crippen molar-refractivity contribution >= 4 is 23.6 Å². The molecule has 0 amide bonds. The van der Waals surface area contributed by atoms with E-state index < -0.39 is 5.97 Å². The van der Waals surface area contributed by atoms with Gasteiger partial charge < -0.3 is 18.7 Å². The van der Waals surface area contributed by atoms with Gasteiger partial charge in [0.1, 0.15) is 18.1 Å². The molecule has 0 fully saturated rings. The number of ether oxygens (including phenoxy) is 3. The molecule has 2 aromatic carbocycles. The molecule has 0 radical (unpaired) electrons. The van der Waals surface area contributed by atoms with E-state index in [1.807, 2.05) is 18.2 Å². The van der Waals surface area contributed by atoms with Crippen molar-refractivity contribution in [1.82, 2.24) is 10.1 Å². The molecule has 0 aliphatic carbocycles. The van der Waals surface area contributed by atoms with Crippen LogP contribution in [0.25, 0.3) is 17.5 Å². The van der Waals surface area contributed by atoms with Gasteiger partial charge in [-0.3, -0.25) is 0 Å². The first-order chi connectivity index (χ1) is 13.6. The van der Waals surface area contributed by atoms with Gasteiger partial charge in [-0.15, -0.1) is 0 Å². The number of aromatic nitrogens is 2. The van der Waals surface area contributed by atoms with Crippen LogP contribution in [0.5, 0.6) is 11.5 Å². The van der Waals surface area contributed by atoms with E-state index in [-0.39, 0.29) is 19.1 Å². The maximum absolute atomic E-state index is 12.3. The van der Waals surface area contributed by atoms with Crippen LogP contribution < -0.4 is 9.47 Å². The summed E-state index contributed by atoms with van der Waals surface area (Å²) >= 11 is 5.98. The van der Waals surface area contributed by atoms with E-state index in [0.717, 1.165) is 11.1 Å². The summed E-state index contributed by atoms with van der Waals surface area (Å²) in [6, 6.07) is 12.5. The van der Waals surface area contributed by atoms with Crippen LogP contribution in [0, 0.1) is 0 Å². The number of hydrogen-bond acceptors (Lipinski definition) is 7. The number of halogens is 1. The number of benzene rings is 2. The molecule has 142 valence electrons. The van der Waals surface area contributed by atoms with Crippen molar-refractivity contribution in [2.24, 2.45) is 0 Å². The topological polar surface area (TPSA) is 83.7 Å². The van der Waals surface area contributed by atoms with Crippen LogP contribution >= 0.6 is 11.6 Å². The maximum Gasteiger partial charge on any atom is 0.338 e. The summed E-state index contributed by atoms with van der Waals surface area (Å²) in [5.41, 5.74) is 1.84. The van der Waals surface area contributed by atoms with Crippen LogP contribution in [0.3, 0.4) is 0 Å². The zero-order valence-corrected chi connectivity index (χ0v) is 15.6. The van der Waals surface area contributed by atoms with Crippen molar-refractivity contribution in [1.29, 1.82) is 0 Å². The second-order valence-electron chi connectivity index (χ2n) is 5.96. The number of esters is 1. The summed E-state index contributed by atoms with van der Waals surface area (Å²) in [6.45, 7) is -0.0259. The first-order valence-corrected chi connectivity index (χ1v) is 8.77.